The Kier molecular flexibility index (Phi) is 4.68. The Balaban J connectivity index is 1.31. The molecule has 5 rings (SSSR count). The van der Waals surface area contributed by atoms with Gasteiger partial charge < -0.3 is 14.3 Å². The molecule has 0 bridgehead atoms. The predicted molar refractivity (Wildman–Crippen MR) is 111 cm³/mol. The molecule has 0 radical (unpaired) electrons. The highest BCUT2D eigenvalue weighted by Crippen LogP contribution is 2.19. The van der Waals surface area contributed by atoms with Crippen LogP contribution < -0.4 is 5.32 Å². The van der Waals surface area contributed by atoms with E-state index in [1.54, 1.807) is 12.6 Å². The van der Waals surface area contributed by atoms with Crippen molar-refractivity contribution < 1.29 is 4.42 Å². The number of anilines is 1. The van der Waals surface area contributed by atoms with Crippen LogP contribution in [0.1, 0.15) is 22.6 Å². The topological polar surface area (TPSA) is 99.5 Å². The fourth-order valence-corrected chi connectivity index (χ4v) is 3.25. The van der Waals surface area contributed by atoms with Crippen molar-refractivity contribution in [3.05, 3.63) is 84.1 Å². The van der Waals surface area contributed by atoms with Crippen LogP contribution in [0, 0.1) is 6.92 Å². The van der Waals surface area contributed by atoms with Crippen molar-refractivity contribution in [3.8, 4) is 0 Å². The zero-order valence-corrected chi connectivity index (χ0v) is 16.4. The lowest BCUT2D eigenvalue weighted by molar-refractivity contribution is 0.518. The molecule has 4 heterocycles. The number of hydrogen-bond acceptors (Lipinski definition) is 7. The van der Waals surface area contributed by atoms with Gasteiger partial charge in [0.1, 0.15) is 23.3 Å². The van der Waals surface area contributed by atoms with Gasteiger partial charge in [-0.2, -0.15) is 0 Å². The smallest absolute Gasteiger partial charge is 0.165 e. The quantitative estimate of drug-likeness (QED) is 0.448. The molecule has 0 aliphatic heterocycles. The molecule has 0 aliphatic carbocycles. The summed E-state index contributed by atoms with van der Waals surface area (Å²) >= 11 is 0. The fourth-order valence-electron chi connectivity index (χ4n) is 3.25. The zero-order valence-electron chi connectivity index (χ0n) is 16.4. The Morgan fingerprint density at radius 2 is 1.93 bits per heavy atom. The van der Waals surface area contributed by atoms with Gasteiger partial charge in [0.25, 0.3) is 0 Å². The highest BCUT2D eigenvalue weighted by Gasteiger charge is 2.12. The Morgan fingerprint density at radius 3 is 2.77 bits per heavy atom. The number of nitrogens with zero attached hydrogens (tertiary/aromatic N) is 7. The summed E-state index contributed by atoms with van der Waals surface area (Å²) in [4.78, 5) is 13.2. The van der Waals surface area contributed by atoms with Crippen molar-refractivity contribution >= 4 is 17.0 Å². The monoisotopic (exact) mass is 400 g/mol. The Labute approximate surface area is 172 Å². The third-order valence-electron chi connectivity index (χ3n) is 4.80. The molecule has 0 atom stereocenters. The van der Waals surface area contributed by atoms with Crippen LogP contribution in [0.5, 0.6) is 0 Å². The predicted octanol–water partition coefficient (Wildman–Crippen LogP) is 3.03. The molecule has 9 nitrogen and oxygen atoms in total. The van der Waals surface area contributed by atoms with E-state index in [2.05, 4.69) is 61.8 Å². The van der Waals surface area contributed by atoms with Crippen molar-refractivity contribution in [1.29, 1.82) is 0 Å². The van der Waals surface area contributed by atoms with Crippen molar-refractivity contribution in [2.75, 3.05) is 5.32 Å². The molecule has 9 heteroatoms. The maximum absolute atomic E-state index is 5.35. The second kappa shape index (κ2) is 7.78. The van der Waals surface area contributed by atoms with Crippen molar-refractivity contribution in [2.24, 2.45) is 0 Å². The van der Waals surface area contributed by atoms with Crippen LogP contribution in [0.3, 0.4) is 0 Å². The molecule has 4 aromatic heterocycles. The summed E-state index contributed by atoms with van der Waals surface area (Å²) in [5.74, 6) is 1.49. The molecule has 0 fully saturated rings. The van der Waals surface area contributed by atoms with Gasteiger partial charge in [0.05, 0.1) is 38.4 Å². The Hall–Kier alpha value is -4.01. The van der Waals surface area contributed by atoms with E-state index in [-0.39, 0.29) is 0 Å². The normalized spacial score (nSPS) is 11.2. The first-order chi connectivity index (χ1) is 14.7. The Bertz CT molecular complexity index is 1250. The van der Waals surface area contributed by atoms with Gasteiger partial charge in [-0.1, -0.05) is 35.0 Å². The van der Waals surface area contributed by atoms with Gasteiger partial charge in [0.2, 0.25) is 0 Å². The second-order valence-electron chi connectivity index (χ2n) is 7.09. The molecule has 0 saturated heterocycles. The number of aromatic nitrogens is 7. The molecule has 0 amide bonds. The van der Waals surface area contributed by atoms with E-state index in [0.717, 1.165) is 17.1 Å². The third kappa shape index (κ3) is 3.77. The van der Waals surface area contributed by atoms with Crippen LogP contribution in [0.4, 0.5) is 5.82 Å². The molecule has 0 saturated carbocycles. The minimum atomic E-state index is 0.527. The molecular weight excluding hydrogens is 380 g/mol. The molecule has 0 unspecified atom stereocenters. The number of hydrogen-bond donors (Lipinski definition) is 1. The average Bonchev–Trinajstić information content (AvgIpc) is 3.51. The number of imidazole rings is 1. The van der Waals surface area contributed by atoms with E-state index in [4.69, 9.17) is 4.42 Å². The van der Waals surface area contributed by atoms with Crippen LogP contribution in [0.25, 0.3) is 11.2 Å². The first-order valence-corrected chi connectivity index (χ1v) is 9.61. The minimum absolute atomic E-state index is 0.527. The Morgan fingerprint density at radius 1 is 1.03 bits per heavy atom. The van der Waals surface area contributed by atoms with Crippen LogP contribution in [-0.4, -0.2) is 34.5 Å². The van der Waals surface area contributed by atoms with Crippen LogP contribution in [-0.2, 0) is 19.6 Å². The van der Waals surface area contributed by atoms with Gasteiger partial charge in [-0.3, -0.25) is 0 Å². The van der Waals surface area contributed by atoms with Crippen LogP contribution in [0.2, 0.25) is 0 Å². The lowest BCUT2D eigenvalue weighted by Gasteiger charge is -2.04. The second-order valence-corrected chi connectivity index (χ2v) is 7.09. The maximum Gasteiger partial charge on any atom is 0.165 e. The molecule has 0 aliphatic rings. The number of benzene rings is 1. The van der Waals surface area contributed by atoms with E-state index in [0.29, 0.717) is 31.0 Å². The van der Waals surface area contributed by atoms with Crippen LogP contribution >= 0.6 is 0 Å². The number of aryl methyl sites for hydroxylation is 1. The molecular formula is C21H20N8O. The summed E-state index contributed by atoms with van der Waals surface area (Å²) in [7, 11) is 0. The van der Waals surface area contributed by atoms with Gasteiger partial charge in [0, 0.05) is 0 Å². The van der Waals surface area contributed by atoms with Gasteiger partial charge in [0.15, 0.2) is 11.5 Å². The van der Waals surface area contributed by atoms with Crippen LogP contribution in [0.15, 0.2) is 65.9 Å². The van der Waals surface area contributed by atoms with Gasteiger partial charge in [-0.25, -0.2) is 19.6 Å². The molecule has 150 valence electrons. The van der Waals surface area contributed by atoms with Gasteiger partial charge in [-0.05, 0) is 24.6 Å². The van der Waals surface area contributed by atoms with E-state index >= 15 is 0 Å². The van der Waals surface area contributed by atoms with Crippen molar-refractivity contribution in [3.63, 3.8) is 0 Å². The first kappa shape index (κ1) is 18.0. The largest absolute Gasteiger partial charge is 0.467 e. The summed E-state index contributed by atoms with van der Waals surface area (Å²) in [5, 5.41) is 11.8. The third-order valence-corrected chi connectivity index (χ3v) is 4.80. The van der Waals surface area contributed by atoms with Crippen molar-refractivity contribution in [2.45, 2.75) is 26.6 Å². The average molecular weight is 400 g/mol. The summed E-state index contributed by atoms with van der Waals surface area (Å²) < 4.78 is 9.13. The lowest BCUT2D eigenvalue weighted by atomic mass is 10.1. The summed E-state index contributed by atoms with van der Waals surface area (Å²) in [6.45, 7) is 3.81. The highest BCUT2D eigenvalue weighted by atomic mass is 16.3. The summed E-state index contributed by atoms with van der Waals surface area (Å²) in [6.07, 6.45) is 6.87. The van der Waals surface area contributed by atoms with Crippen molar-refractivity contribution in [1.82, 2.24) is 34.5 Å². The van der Waals surface area contributed by atoms with E-state index < -0.39 is 0 Å². The van der Waals surface area contributed by atoms with E-state index in [1.165, 1.54) is 17.5 Å². The highest BCUT2D eigenvalue weighted by molar-refractivity contribution is 5.82. The standard InChI is InChI=1S/C21H20N8O/c1-15-4-6-16(7-5-15)10-29-12-17(26-27-29)11-28-14-25-19-20(23-13-24-21(19)28)22-9-18-3-2-8-30-18/h2-8,12-14H,9-11H2,1H3,(H,22,23,24). The van der Waals surface area contributed by atoms with E-state index in [9.17, 15) is 0 Å². The number of furan rings is 1. The fraction of sp³-hybridized carbons (Fsp3) is 0.190. The SMILES string of the molecule is Cc1ccc(Cn2cc(Cn3cnc4c(NCc5ccco5)ncnc43)nn2)cc1. The summed E-state index contributed by atoms with van der Waals surface area (Å²) in [5.41, 5.74) is 4.71. The molecule has 30 heavy (non-hydrogen) atoms. The van der Waals surface area contributed by atoms with Gasteiger partial charge in [-0.15, -0.1) is 5.10 Å². The first-order valence-electron chi connectivity index (χ1n) is 9.61. The minimum Gasteiger partial charge on any atom is -0.467 e. The lowest BCUT2D eigenvalue weighted by Crippen LogP contribution is -2.03. The molecule has 5 aromatic rings. The van der Waals surface area contributed by atoms with E-state index in [1.807, 2.05) is 27.6 Å². The number of nitrogens with one attached hydrogen (secondary N) is 1. The molecule has 1 N–H and O–H groups in total. The molecule has 0 spiro atoms. The zero-order chi connectivity index (χ0) is 20.3. The summed E-state index contributed by atoms with van der Waals surface area (Å²) in [6, 6.07) is 12.2. The van der Waals surface area contributed by atoms with Gasteiger partial charge >= 0.3 is 0 Å². The molecule has 1 aromatic carbocycles. The number of fused-ring (bicyclic) bond motifs is 1. The number of rotatable bonds is 7. The maximum atomic E-state index is 5.35.